The Balaban J connectivity index is 2.39. The SMILES string of the molecule is COc1ccc(N(CCCN)c2ncnc(C)c2F)cc1. The fourth-order valence-corrected chi connectivity index (χ4v) is 2.00. The summed E-state index contributed by atoms with van der Waals surface area (Å²) in [6.45, 7) is 2.73. The second-order valence-electron chi connectivity index (χ2n) is 4.59. The van der Waals surface area contributed by atoms with Gasteiger partial charge in [0.1, 0.15) is 12.1 Å². The molecule has 0 aliphatic heterocycles. The molecule has 0 aliphatic rings. The van der Waals surface area contributed by atoms with Gasteiger partial charge in [0.25, 0.3) is 0 Å². The standard InChI is InChI=1S/C15H19FN4O/c1-11-14(16)15(19-10-18-11)20(9-3-8-17)12-4-6-13(21-2)7-5-12/h4-7,10H,3,8-9,17H2,1-2H3. The maximum absolute atomic E-state index is 14.3. The van der Waals surface area contributed by atoms with Crippen LogP contribution in [0.25, 0.3) is 0 Å². The average Bonchev–Trinajstić information content (AvgIpc) is 2.52. The van der Waals surface area contributed by atoms with E-state index in [9.17, 15) is 4.39 Å². The average molecular weight is 290 g/mol. The van der Waals surface area contributed by atoms with Crippen LogP contribution in [0.4, 0.5) is 15.9 Å². The van der Waals surface area contributed by atoms with E-state index in [1.54, 1.807) is 18.9 Å². The minimum Gasteiger partial charge on any atom is -0.497 e. The summed E-state index contributed by atoms with van der Waals surface area (Å²) in [5, 5.41) is 0. The van der Waals surface area contributed by atoms with Crippen molar-refractivity contribution < 1.29 is 9.13 Å². The monoisotopic (exact) mass is 290 g/mol. The van der Waals surface area contributed by atoms with Crippen molar-refractivity contribution in [3.05, 3.63) is 42.1 Å². The number of benzene rings is 1. The van der Waals surface area contributed by atoms with Crippen LogP contribution in [-0.2, 0) is 0 Å². The van der Waals surface area contributed by atoms with Crippen LogP contribution in [0.15, 0.2) is 30.6 Å². The number of hydrogen-bond acceptors (Lipinski definition) is 5. The summed E-state index contributed by atoms with van der Waals surface area (Å²) in [7, 11) is 1.61. The molecule has 6 heteroatoms. The summed E-state index contributed by atoms with van der Waals surface area (Å²) >= 11 is 0. The highest BCUT2D eigenvalue weighted by Gasteiger charge is 2.17. The molecule has 0 atom stereocenters. The summed E-state index contributed by atoms with van der Waals surface area (Å²) in [4.78, 5) is 9.75. The van der Waals surface area contributed by atoms with E-state index in [0.717, 1.165) is 17.9 Å². The van der Waals surface area contributed by atoms with Gasteiger partial charge in [-0.1, -0.05) is 0 Å². The number of rotatable bonds is 6. The number of aromatic nitrogens is 2. The first kappa shape index (κ1) is 15.2. The summed E-state index contributed by atoms with van der Waals surface area (Å²) in [6, 6.07) is 7.39. The first-order valence-electron chi connectivity index (χ1n) is 6.76. The molecule has 0 saturated carbocycles. The van der Waals surface area contributed by atoms with Gasteiger partial charge in [0, 0.05) is 12.2 Å². The molecule has 0 spiro atoms. The molecule has 2 rings (SSSR count). The molecule has 1 aromatic carbocycles. The zero-order valence-electron chi connectivity index (χ0n) is 12.2. The smallest absolute Gasteiger partial charge is 0.187 e. The molecular weight excluding hydrogens is 271 g/mol. The first-order chi connectivity index (χ1) is 10.2. The Morgan fingerprint density at radius 3 is 2.57 bits per heavy atom. The molecule has 21 heavy (non-hydrogen) atoms. The highest BCUT2D eigenvalue weighted by molar-refractivity contribution is 5.61. The van der Waals surface area contributed by atoms with Crippen LogP contribution in [-0.4, -0.2) is 30.2 Å². The van der Waals surface area contributed by atoms with E-state index in [-0.39, 0.29) is 5.82 Å². The molecule has 0 unspecified atom stereocenters. The van der Waals surface area contributed by atoms with Gasteiger partial charge < -0.3 is 15.4 Å². The molecule has 1 aromatic heterocycles. The van der Waals surface area contributed by atoms with E-state index >= 15 is 0 Å². The van der Waals surface area contributed by atoms with Crippen LogP contribution in [0, 0.1) is 12.7 Å². The number of anilines is 2. The fourth-order valence-electron chi connectivity index (χ4n) is 2.00. The number of nitrogens with zero attached hydrogens (tertiary/aromatic N) is 3. The van der Waals surface area contributed by atoms with Crippen LogP contribution in [0.3, 0.4) is 0 Å². The van der Waals surface area contributed by atoms with E-state index in [1.807, 2.05) is 24.3 Å². The highest BCUT2D eigenvalue weighted by Crippen LogP contribution is 2.28. The topological polar surface area (TPSA) is 64.3 Å². The Labute approximate surface area is 123 Å². The van der Waals surface area contributed by atoms with Crippen LogP contribution in [0.2, 0.25) is 0 Å². The molecule has 2 N–H and O–H groups in total. The predicted molar refractivity (Wildman–Crippen MR) is 80.4 cm³/mol. The molecule has 0 fully saturated rings. The van der Waals surface area contributed by atoms with Crippen molar-refractivity contribution in [3.8, 4) is 5.75 Å². The van der Waals surface area contributed by atoms with E-state index in [0.29, 0.717) is 18.8 Å². The third kappa shape index (κ3) is 3.46. The second-order valence-corrected chi connectivity index (χ2v) is 4.59. The minimum absolute atomic E-state index is 0.265. The van der Waals surface area contributed by atoms with Crippen LogP contribution >= 0.6 is 0 Å². The Kier molecular flexibility index (Phi) is 5.05. The summed E-state index contributed by atoms with van der Waals surface area (Å²) < 4.78 is 19.4. The Morgan fingerprint density at radius 1 is 1.24 bits per heavy atom. The predicted octanol–water partition coefficient (Wildman–Crippen LogP) is 2.42. The Hall–Kier alpha value is -2.21. The van der Waals surface area contributed by atoms with Crippen LogP contribution in [0.1, 0.15) is 12.1 Å². The molecule has 0 saturated heterocycles. The molecule has 2 aromatic rings. The molecule has 1 heterocycles. The van der Waals surface area contributed by atoms with E-state index in [2.05, 4.69) is 9.97 Å². The molecule has 0 bridgehead atoms. The molecule has 5 nitrogen and oxygen atoms in total. The lowest BCUT2D eigenvalue weighted by Gasteiger charge is -2.24. The first-order valence-corrected chi connectivity index (χ1v) is 6.76. The van der Waals surface area contributed by atoms with Crippen molar-refractivity contribution in [2.24, 2.45) is 5.73 Å². The van der Waals surface area contributed by atoms with Crippen molar-refractivity contribution in [1.29, 1.82) is 0 Å². The number of hydrogen-bond donors (Lipinski definition) is 1. The third-order valence-corrected chi connectivity index (χ3v) is 3.17. The van der Waals surface area contributed by atoms with Gasteiger partial charge in [-0.2, -0.15) is 0 Å². The molecule has 0 radical (unpaired) electrons. The maximum atomic E-state index is 14.3. The van der Waals surface area contributed by atoms with Crippen LogP contribution in [0.5, 0.6) is 5.75 Å². The van der Waals surface area contributed by atoms with Gasteiger partial charge in [-0.15, -0.1) is 0 Å². The Bertz CT molecular complexity index is 589. The normalized spacial score (nSPS) is 10.5. The van der Waals surface area contributed by atoms with Crippen molar-refractivity contribution in [2.45, 2.75) is 13.3 Å². The van der Waals surface area contributed by atoms with Crippen molar-refractivity contribution in [3.63, 3.8) is 0 Å². The van der Waals surface area contributed by atoms with E-state index < -0.39 is 5.82 Å². The quantitative estimate of drug-likeness (QED) is 0.885. The number of methoxy groups -OCH3 is 1. The lowest BCUT2D eigenvalue weighted by atomic mass is 10.2. The lowest BCUT2D eigenvalue weighted by Crippen LogP contribution is -2.23. The maximum Gasteiger partial charge on any atom is 0.187 e. The molecular formula is C15H19FN4O. The Morgan fingerprint density at radius 2 is 1.95 bits per heavy atom. The number of halogens is 1. The summed E-state index contributed by atoms with van der Waals surface area (Å²) in [5.74, 6) is 0.600. The van der Waals surface area contributed by atoms with Gasteiger partial charge >= 0.3 is 0 Å². The van der Waals surface area contributed by atoms with Gasteiger partial charge in [-0.05, 0) is 44.2 Å². The van der Waals surface area contributed by atoms with Gasteiger partial charge in [-0.3, -0.25) is 0 Å². The van der Waals surface area contributed by atoms with Crippen molar-refractivity contribution >= 4 is 11.5 Å². The van der Waals surface area contributed by atoms with Crippen LogP contribution < -0.4 is 15.4 Å². The van der Waals surface area contributed by atoms with Crippen molar-refractivity contribution in [2.75, 3.05) is 25.1 Å². The fraction of sp³-hybridized carbons (Fsp3) is 0.333. The van der Waals surface area contributed by atoms with Gasteiger partial charge in [0.15, 0.2) is 11.6 Å². The second kappa shape index (κ2) is 6.99. The molecule has 0 aliphatic carbocycles. The van der Waals surface area contributed by atoms with E-state index in [4.69, 9.17) is 10.5 Å². The van der Waals surface area contributed by atoms with Gasteiger partial charge in [0.2, 0.25) is 0 Å². The zero-order valence-corrected chi connectivity index (χ0v) is 12.2. The van der Waals surface area contributed by atoms with Gasteiger partial charge in [0.05, 0.1) is 12.8 Å². The number of nitrogens with two attached hydrogens (primary N) is 1. The van der Waals surface area contributed by atoms with Gasteiger partial charge in [-0.25, -0.2) is 14.4 Å². The summed E-state index contributed by atoms with van der Waals surface area (Å²) in [5.41, 5.74) is 6.73. The zero-order chi connectivity index (χ0) is 15.2. The molecule has 112 valence electrons. The largest absolute Gasteiger partial charge is 0.497 e. The summed E-state index contributed by atoms with van der Waals surface area (Å²) in [6.07, 6.45) is 2.10. The molecule has 0 amide bonds. The lowest BCUT2D eigenvalue weighted by molar-refractivity contribution is 0.415. The third-order valence-electron chi connectivity index (χ3n) is 3.17. The number of ether oxygens (including phenoxy) is 1. The highest BCUT2D eigenvalue weighted by atomic mass is 19.1. The van der Waals surface area contributed by atoms with E-state index in [1.165, 1.54) is 6.33 Å². The van der Waals surface area contributed by atoms with Crippen molar-refractivity contribution in [1.82, 2.24) is 9.97 Å². The number of aryl methyl sites for hydroxylation is 1. The minimum atomic E-state index is -0.412.